The highest BCUT2D eigenvalue weighted by atomic mass is 16.6. The van der Waals surface area contributed by atoms with Crippen LogP contribution in [0, 0.1) is 0 Å². The third-order valence-corrected chi connectivity index (χ3v) is 5.31. The molecule has 0 spiro atoms. The van der Waals surface area contributed by atoms with Crippen LogP contribution in [-0.4, -0.2) is 63.2 Å². The van der Waals surface area contributed by atoms with E-state index in [1.165, 1.54) is 7.05 Å². The number of aromatic amines is 1. The zero-order valence-electron chi connectivity index (χ0n) is 16.4. The summed E-state index contributed by atoms with van der Waals surface area (Å²) in [7, 11) is 1.51. The second-order valence-corrected chi connectivity index (χ2v) is 7.16. The highest BCUT2D eigenvalue weighted by Crippen LogP contribution is 2.38. The standard InChI is InChI=1S/C21H24N4O5/c1-22-21(29)17-15(24-9-11-5-3-2-4-6-11)12-7-8-23-14(12)16(25-17)20-19(28)18(27)13(10-26)30-20/h2-8,13,18-20,23-24,26-28H,9-10H2,1H3,(H,22,29)/t13-,18-,19-,20+/m1/s1. The normalized spacial score (nSPS) is 23.6. The Hall–Kier alpha value is -2.98. The molecule has 1 saturated heterocycles. The summed E-state index contributed by atoms with van der Waals surface area (Å²) >= 11 is 0. The van der Waals surface area contributed by atoms with Crippen molar-refractivity contribution in [2.24, 2.45) is 0 Å². The predicted octanol–water partition coefficient (Wildman–Crippen LogP) is 0.689. The number of hydrogen-bond donors (Lipinski definition) is 6. The third kappa shape index (κ3) is 3.52. The van der Waals surface area contributed by atoms with Gasteiger partial charge in [-0.1, -0.05) is 30.3 Å². The smallest absolute Gasteiger partial charge is 0.271 e. The van der Waals surface area contributed by atoms with Crippen molar-refractivity contribution in [3.8, 4) is 0 Å². The molecule has 1 aliphatic rings. The van der Waals surface area contributed by atoms with E-state index in [9.17, 15) is 20.1 Å². The second-order valence-electron chi connectivity index (χ2n) is 7.16. The molecule has 4 atom stereocenters. The lowest BCUT2D eigenvalue weighted by Crippen LogP contribution is -2.32. The molecule has 9 heteroatoms. The number of hydrogen-bond acceptors (Lipinski definition) is 7. The number of aliphatic hydroxyl groups is 3. The molecule has 0 bridgehead atoms. The van der Waals surface area contributed by atoms with Crippen LogP contribution in [0.3, 0.4) is 0 Å². The summed E-state index contributed by atoms with van der Waals surface area (Å²) in [6, 6.07) is 11.6. The minimum Gasteiger partial charge on any atom is -0.394 e. The number of nitrogens with zero attached hydrogens (tertiary/aromatic N) is 1. The Morgan fingerprint density at radius 3 is 2.63 bits per heavy atom. The van der Waals surface area contributed by atoms with Crippen LogP contribution in [0.1, 0.15) is 27.8 Å². The molecule has 0 aliphatic carbocycles. The van der Waals surface area contributed by atoms with Crippen LogP contribution in [0.4, 0.5) is 5.69 Å². The van der Waals surface area contributed by atoms with Crippen molar-refractivity contribution in [2.45, 2.75) is 31.0 Å². The number of aliphatic hydroxyl groups excluding tert-OH is 3. The van der Waals surface area contributed by atoms with Gasteiger partial charge in [-0.2, -0.15) is 0 Å². The molecule has 1 fully saturated rings. The van der Waals surface area contributed by atoms with Gasteiger partial charge in [0.25, 0.3) is 5.91 Å². The molecule has 1 amide bonds. The molecule has 2 aromatic heterocycles. The summed E-state index contributed by atoms with van der Waals surface area (Å²) in [6.45, 7) is 0.0433. The summed E-state index contributed by atoms with van der Waals surface area (Å²) in [4.78, 5) is 20.2. The van der Waals surface area contributed by atoms with E-state index in [0.717, 1.165) is 5.56 Å². The van der Waals surface area contributed by atoms with E-state index in [0.29, 0.717) is 28.8 Å². The quantitative estimate of drug-likeness (QED) is 0.350. The highest BCUT2D eigenvalue weighted by molar-refractivity contribution is 6.06. The zero-order chi connectivity index (χ0) is 21.3. The highest BCUT2D eigenvalue weighted by Gasteiger charge is 2.45. The van der Waals surface area contributed by atoms with Crippen molar-refractivity contribution in [3.63, 3.8) is 0 Å². The first kappa shape index (κ1) is 20.3. The molecule has 0 unspecified atom stereocenters. The van der Waals surface area contributed by atoms with Gasteiger partial charge in [0.15, 0.2) is 5.69 Å². The van der Waals surface area contributed by atoms with Gasteiger partial charge in [-0.15, -0.1) is 0 Å². The van der Waals surface area contributed by atoms with E-state index >= 15 is 0 Å². The van der Waals surface area contributed by atoms with Gasteiger partial charge in [0, 0.05) is 25.2 Å². The van der Waals surface area contributed by atoms with Gasteiger partial charge >= 0.3 is 0 Å². The summed E-state index contributed by atoms with van der Waals surface area (Å²) in [6.07, 6.45) is -2.77. The summed E-state index contributed by atoms with van der Waals surface area (Å²) in [5.41, 5.74) is 2.60. The molecule has 0 saturated carbocycles. The van der Waals surface area contributed by atoms with E-state index in [1.54, 1.807) is 6.20 Å². The first-order valence-electron chi connectivity index (χ1n) is 9.68. The number of benzene rings is 1. The second kappa shape index (κ2) is 8.41. The maximum Gasteiger partial charge on any atom is 0.271 e. The molecular weight excluding hydrogens is 388 g/mol. The molecule has 30 heavy (non-hydrogen) atoms. The fourth-order valence-electron chi connectivity index (χ4n) is 3.73. The first-order chi connectivity index (χ1) is 14.5. The average Bonchev–Trinajstić information content (AvgIpc) is 3.37. The fraction of sp³-hybridized carbons (Fsp3) is 0.333. The van der Waals surface area contributed by atoms with Gasteiger partial charge < -0.3 is 35.7 Å². The number of fused-ring (bicyclic) bond motifs is 1. The van der Waals surface area contributed by atoms with Gasteiger partial charge in [0.05, 0.1) is 23.5 Å². The minimum atomic E-state index is -1.29. The van der Waals surface area contributed by atoms with Crippen molar-refractivity contribution < 1.29 is 24.9 Å². The van der Waals surface area contributed by atoms with Gasteiger partial charge in [-0.3, -0.25) is 4.79 Å². The van der Waals surface area contributed by atoms with E-state index in [-0.39, 0.29) is 5.69 Å². The topological polar surface area (TPSA) is 140 Å². The monoisotopic (exact) mass is 412 g/mol. The Morgan fingerprint density at radius 1 is 1.20 bits per heavy atom. The zero-order valence-corrected chi connectivity index (χ0v) is 16.4. The molecular formula is C21H24N4O5. The number of carbonyl (C=O) groups excluding carboxylic acids is 1. The number of ether oxygens (including phenoxy) is 1. The number of pyridine rings is 1. The maximum absolute atomic E-state index is 12.6. The number of nitrogens with one attached hydrogen (secondary N) is 3. The fourth-order valence-corrected chi connectivity index (χ4v) is 3.73. The Bertz CT molecular complexity index is 1040. The Morgan fingerprint density at radius 2 is 1.97 bits per heavy atom. The summed E-state index contributed by atoms with van der Waals surface area (Å²) in [5.74, 6) is -0.401. The molecule has 158 valence electrons. The summed E-state index contributed by atoms with van der Waals surface area (Å²) < 4.78 is 5.65. The van der Waals surface area contributed by atoms with Gasteiger partial charge in [-0.25, -0.2) is 4.98 Å². The Labute approximate surface area is 172 Å². The van der Waals surface area contributed by atoms with Crippen LogP contribution in [0.25, 0.3) is 10.9 Å². The molecule has 0 radical (unpaired) electrons. The summed E-state index contributed by atoms with van der Waals surface area (Å²) in [5, 5.41) is 36.6. The molecule has 3 heterocycles. The van der Waals surface area contributed by atoms with Gasteiger partial charge in [-0.05, 0) is 11.6 Å². The van der Waals surface area contributed by atoms with Crippen molar-refractivity contribution in [1.82, 2.24) is 15.3 Å². The largest absolute Gasteiger partial charge is 0.394 e. The molecule has 6 N–H and O–H groups in total. The van der Waals surface area contributed by atoms with Crippen molar-refractivity contribution in [3.05, 3.63) is 59.5 Å². The number of anilines is 1. The molecule has 4 rings (SSSR count). The molecule has 9 nitrogen and oxygen atoms in total. The van der Waals surface area contributed by atoms with Gasteiger partial charge in [0.1, 0.15) is 24.4 Å². The number of H-pyrrole nitrogens is 1. The van der Waals surface area contributed by atoms with Crippen molar-refractivity contribution in [2.75, 3.05) is 19.0 Å². The van der Waals surface area contributed by atoms with Crippen LogP contribution in [0.15, 0.2) is 42.6 Å². The first-order valence-corrected chi connectivity index (χ1v) is 9.68. The molecule has 1 aromatic carbocycles. The third-order valence-electron chi connectivity index (χ3n) is 5.31. The number of carbonyl (C=O) groups is 1. The van der Waals surface area contributed by atoms with Crippen LogP contribution in [-0.2, 0) is 11.3 Å². The molecule has 3 aromatic rings. The van der Waals surface area contributed by atoms with Crippen molar-refractivity contribution in [1.29, 1.82) is 0 Å². The van der Waals surface area contributed by atoms with Crippen molar-refractivity contribution >= 4 is 22.5 Å². The average molecular weight is 412 g/mol. The Kier molecular flexibility index (Phi) is 5.69. The van der Waals surface area contributed by atoms with E-state index in [4.69, 9.17) is 4.74 Å². The lowest BCUT2D eigenvalue weighted by Gasteiger charge is -2.19. The van der Waals surface area contributed by atoms with Gasteiger partial charge in [0.2, 0.25) is 0 Å². The van der Waals surface area contributed by atoms with Crippen LogP contribution < -0.4 is 10.6 Å². The number of aromatic nitrogens is 2. The predicted molar refractivity (Wildman–Crippen MR) is 110 cm³/mol. The van der Waals surface area contributed by atoms with E-state index in [1.807, 2.05) is 36.4 Å². The van der Waals surface area contributed by atoms with E-state index in [2.05, 4.69) is 20.6 Å². The number of rotatable bonds is 6. The lowest BCUT2D eigenvalue weighted by molar-refractivity contribution is -0.0235. The lowest BCUT2D eigenvalue weighted by atomic mass is 10.0. The SMILES string of the molecule is CNC(=O)c1nc([C@@H]2O[C@H](CO)[C@@H](O)[C@H]2O)c2[nH]ccc2c1NCc1ccccc1. The minimum absolute atomic E-state index is 0.147. The number of amides is 1. The molecule has 1 aliphatic heterocycles. The maximum atomic E-state index is 12.6. The van der Waals surface area contributed by atoms with E-state index < -0.39 is 36.9 Å². The van der Waals surface area contributed by atoms with Crippen LogP contribution in [0.2, 0.25) is 0 Å². The van der Waals surface area contributed by atoms with Crippen LogP contribution in [0.5, 0.6) is 0 Å². The van der Waals surface area contributed by atoms with Crippen LogP contribution >= 0.6 is 0 Å². The Balaban J connectivity index is 1.79.